The molecule has 1 fully saturated rings. The van der Waals surface area contributed by atoms with E-state index in [0.717, 1.165) is 30.5 Å². The first-order valence-electron chi connectivity index (χ1n) is 9.04. The first-order chi connectivity index (χ1) is 12.0. The van der Waals surface area contributed by atoms with Gasteiger partial charge >= 0.3 is 0 Å². The molecule has 0 aliphatic heterocycles. The monoisotopic (exact) mass is 358 g/mol. The normalized spacial score (nSPS) is 14.6. The molecule has 0 radical (unpaired) electrons. The third kappa shape index (κ3) is 4.65. The largest absolute Gasteiger partial charge is 0.397 e. The van der Waals surface area contributed by atoms with E-state index in [-0.39, 0.29) is 0 Å². The van der Waals surface area contributed by atoms with Crippen LogP contribution in [0.25, 0.3) is 0 Å². The summed E-state index contributed by atoms with van der Waals surface area (Å²) in [4.78, 5) is 4.57. The molecule has 4 N–H and O–H groups in total. The zero-order chi connectivity index (χ0) is 17.8. The average Bonchev–Trinajstić information content (AvgIpc) is 2.53. The summed E-state index contributed by atoms with van der Waals surface area (Å²) in [6, 6.07) is 7.57. The maximum absolute atomic E-state index is 6.02. The van der Waals surface area contributed by atoms with Gasteiger partial charge in [0, 0.05) is 17.8 Å². The Hall–Kier alpha value is -1.78. The number of nitrogen functional groups attached to an aromatic ring is 1. The molecule has 0 atom stereocenters. The molecule has 1 saturated carbocycles. The molecule has 0 saturated heterocycles. The lowest BCUT2D eigenvalue weighted by molar-refractivity contribution is 0.301. The van der Waals surface area contributed by atoms with Crippen LogP contribution >= 0.6 is 11.6 Å². The van der Waals surface area contributed by atoms with Crippen LogP contribution < -0.4 is 16.4 Å². The maximum atomic E-state index is 6.02. The van der Waals surface area contributed by atoms with Crippen LogP contribution in [0.3, 0.4) is 0 Å². The zero-order valence-corrected chi connectivity index (χ0v) is 15.7. The summed E-state index contributed by atoms with van der Waals surface area (Å²) in [6.07, 6.45) is 6.10. The van der Waals surface area contributed by atoms with Crippen molar-refractivity contribution in [1.29, 1.82) is 0 Å². The van der Waals surface area contributed by atoms with E-state index in [9.17, 15) is 0 Å². The Balaban J connectivity index is 1.71. The minimum absolute atomic E-state index is 0.437. The van der Waals surface area contributed by atoms with Crippen molar-refractivity contribution in [2.45, 2.75) is 45.6 Å². The highest BCUT2D eigenvalue weighted by atomic mass is 35.5. The van der Waals surface area contributed by atoms with Gasteiger partial charge in [0.25, 0.3) is 0 Å². The molecule has 1 aromatic carbocycles. The van der Waals surface area contributed by atoms with Crippen LogP contribution in [0.4, 0.5) is 17.2 Å². The molecule has 25 heavy (non-hydrogen) atoms. The van der Waals surface area contributed by atoms with Crippen LogP contribution in [0.5, 0.6) is 0 Å². The number of pyridine rings is 1. The number of hydrogen-bond acceptors (Lipinski definition) is 4. The van der Waals surface area contributed by atoms with Gasteiger partial charge in [0.1, 0.15) is 5.82 Å². The van der Waals surface area contributed by atoms with E-state index in [1.807, 2.05) is 18.3 Å². The molecule has 1 aromatic heterocycles. The van der Waals surface area contributed by atoms with Crippen molar-refractivity contribution in [3.8, 4) is 0 Å². The van der Waals surface area contributed by atoms with Gasteiger partial charge in [-0.25, -0.2) is 4.98 Å². The first-order valence-corrected chi connectivity index (χ1v) is 9.42. The van der Waals surface area contributed by atoms with Crippen molar-refractivity contribution in [2.24, 2.45) is 5.92 Å². The van der Waals surface area contributed by atoms with Crippen molar-refractivity contribution < 1.29 is 0 Å². The standard InChI is InChI=1S/C20H27ClN4/c1-13(2)17-9-20(25-19-7-6-16(21)8-18(19)22)24-12-15(17)11-23-10-14-4-3-5-14/h6-9,12-14,23H,3-5,10-11,22H2,1-2H3,(H,24,25). The molecule has 3 rings (SSSR count). The molecule has 0 spiro atoms. The lowest BCUT2D eigenvalue weighted by Gasteiger charge is -2.26. The SMILES string of the molecule is CC(C)c1cc(Nc2ccc(Cl)cc2N)ncc1CNCC1CCC1. The summed E-state index contributed by atoms with van der Waals surface area (Å²) in [5.74, 6) is 2.11. The number of rotatable bonds is 7. The molecule has 1 heterocycles. The van der Waals surface area contributed by atoms with Crippen LogP contribution in [-0.4, -0.2) is 11.5 Å². The van der Waals surface area contributed by atoms with Gasteiger partial charge in [-0.15, -0.1) is 0 Å². The smallest absolute Gasteiger partial charge is 0.130 e. The lowest BCUT2D eigenvalue weighted by Crippen LogP contribution is -2.27. The van der Waals surface area contributed by atoms with Gasteiger partial charge < -0.3 is 16.4 Å². The molecule has 1 aliphatic carbocycles. The predicted molar refractivity (Wildman–Crippen MR) is 107 cm³/mol. The van der Waals surface area contributed by atoms with E-state index in [1.54, 1.807) is 6.07 Å². The highest BCUT2D eigenvalue weighted by Gasteiger charge is 2.17. The Bertz CT molecular complexity index is 726. The van der Waals surface area contributed by atoms with Crippen LogP contribution in [0.1, 0.15) is 50.2 Å². The first kappa shape index (κ1) is 18.0. The number of hydrogen-bond donors (Lipinski definition) is 3. The number of halogens is 1. The van der Waals surface area contributed by atoms with Crippen molar-refractivity contribution in [3.63, 3.8) is 0 Å². The molecule has 0 unspecified atom stereocenters. The van der Waals surface area contributed by atoms with Crippen LogP contribution in [0.2, 0.25) is 5.02 Å². The second-order valence-electron chi connectivity index (χ2n) is 7.21. The number of nitrogens with one attached hydrogen (secondary N) is 2. The van der Waals surface area contributed by atoms with Crippen molar-refractivity contribution in [3.05, 3.63) is 46.6 Å². The maximum Gasteiger partial charge on any atom is 0.130 e. The molecule has 2 aromatic rings. The summed E-state index contributed by atoms with van der Waals surface area (Å²) < 4.78 is 0. The fraction of sp³-hybridized carbons (Fsp3) is 0.450. The Labute approximate surface area is 155 Å². The Morgan fingerprint density at radius 1 is 1.28 bits per heavy atom. The van der Waals surface area contributed by atoms with Gasteiger partial charge in [0.05, 0.1) is 11.4 Å². The molecule has 0 amide bonds. The molecule has 0 bridgehead atoms. The molecule has 5 heteroatoms. The average molecular weight is 359 g/mol. The van der Waals surface area contributed by atoms with Crippen molar-refractivity contribution >= 4 is 28.8 Å². The van der Waals surface area contributed by atoms with E-state index in [0.29, 0.717) is 16.6 Å². The molecular formula is C20H27ClN4. The topological polar surface area (TPSA) is 63.0 Å². The molecular weight excluding hydrogens is 332 g/mol. The summed E-state index contributed by atoms with van der Waals surface area (Å²) in [7, 11) is 0. The Kier molecular flexibility index (Phi) is 5.82. The third-order valence-electron chi connectivity index (χ3n) is 4.89. The minimum Gasteiger partial charge on any atom is -0.397 e. The highest BCUT2D eigenvalue weighted by molar-refractivity contribution is 6.31. The Morgan fingerprint density at radius 2 is 2.08 bits per heavy atom. The number of aromatic nitrogens is 1. The summed E-state index contributed by atoms with van der Waals surface area (Å²) >= 11 is 5.96. The summed E-state index contributed by atoms with van der Waals surface area (Å²) in [5, 5.41) is 7.52. The van der Waals surface area contributed by atoms with E-state index < -0.39 is 0 Å². The van der Waals surface area contributed by atoms with Gasteiger partial charge in [-0.2, -0.15) is 0 Å². The number of nitrogens with zero attached hydrogens (tertiary/aromatic N) is 1. The van der Waals surface area contributed by atoms with E-state index in [1.165, 1.54) is 30.4 Å². The van der Waals surface area contributed by atoms with Crippen LogP contribution in [0, 0.1) is 5.92 Å². The van der Waals surface area contributed by atoms with E-state index in [2.05, 4.69) is 35.5 Å². The van der Waals surface area contributed by atoms with Crippen LogP contribution in [-0.2, 0) is 6.54 Å². The quantitative estimate of drug-likeness (QED) is 0.604. The lowest BCUT2D eigenvalue weighted by atomic mass is 9.85. The summed E-state index contributed by atoms with van der Waals surface area (Å²) in [5.41, 5.74) is 10.0. The van der Waals surface area contributed by atoms with E-state index >= 15 is 0 Å². The number of anilines is 3. The minimum atomic E-state index is 0.437. The fourth-order valence-electron chi connectivity index (χ4n) is 3.15. The van der Waals surface area contributed by atoms with Gasteiger partial charge in [-0.3, -0.25) is 0 Å². The van der Waals surface area contributed by atoms with Gasteiger partial charge in [0.15, 0.2) is 0 Å². The number of benzene rings is 1. The van der Waals surface area contributed by atoms with Crippen molar-refractivity contribution in [1.82, 2.24) is 10.3 Å². The highest BCUT2D eigenvalue weighted by Crippen LogP contribution is 2.28. The van der Waals surface area contributed by atoms with E-state index in [4.69, 9.17) is 17.3 Å². The van der Waals surface area contributed by atoms with Gasteiger partial charge in [-0.1, -0.05) is 31.9 Å². The van der Waals surface area contributed by atoms with Gasteiger partial charge in [0.2, 0.25) is 0 Å². The Morgan fingerprint density at radius 3 is 2.72 bits per heavy atom. The third-order valence-corrected chi connectivity index (χ3v) is 5.13. The van der Waals surface area contributed by atoms with Crippen molar-refractivity contribution in [2.75, 3.05) is 17.6 Å². The predicted octanol–water partition coefficient (Wildman–Crippen LogP) is 5.07. The molecule has 1 aliphatic rings. The second-order valence-corrected chi connectivity index (χ2v) is 7.64. The fourth-order valence-corrected chi connectivity index (χ4v) is 3.33. The second kappa shape index (κ2) is 8.07. The molecule has 134 valence electrons. The molecule has 4 nitrogen and oxygen atoms in total. The van der Waals surface area contributed by atoms with Crippen LogP contribution in [0.15, 0.2) is 30.5 Å². The summed E-state index contributed by atoms with van der Waals surface area (Å²) in [6.45, 7) is 6.41. The zero-order valence-electron chi connectivity index (χ0n) is 15.0. The number of nitrogens with two attached hydrogens (primary N) is 1. The van der Waals surface area contributed by atoms with Gasteiger partial charge in [-0.05, 0) is 66.6 Å².